The van der Waals surface area contributed by atoms with Crippen molar-refractivity contribution in [3.05, 3.63) is 95.3 Å². The van der Waals surface area contributed by atoms with Gasteiger partial charge in [0.2, 0.25) is 0 Å². The molecule has 7 heteroatoms. The van der Waals surface area contributed by atoms with Gasteiger partial charge < -0.3 is 15.6 Å². The number of carbonyl (C=O) groups is 1. The Morgan fingerprint density at radius 3 is 2.48 bits per heavy atom. The number of fused-ring (bicyclic) bond motifs is 2. The Morgan fingerprint density at radius 1 is 1.00 bits per heavy atom. The van der Waals surface area contributed by atoms with Crippen molar-refractivity contribution < 1.29 is 9.18 Å². The van der Waals surface area contributed by atoms with Crippen LogP contribution in [-0.4, -0.2) is 20.4 Å². The summed E-state index contributed by atoms with van der Waals surface area (Å²) in [4.78, 5) is 22.8. The van der Waals surface area contributed by atoms with Gasteiger partial charge in [0.05, 0.1) is 11.0 Å². The van der Waals surface area contributed by atoms with Crippen molar-refractivity contribution in [2.45, 2.75) is 19.9 Å². The number of benzene rings is 3. The van der Waals surface area contributed by atoms with E-state index >= 15 is 0 Å². The Hall–Kier alpha value is -4.26. The average molecular weight is 439 g/mol. The van der Waals surface area contributed by atoms with Gasteiger partial charge in [0, 0.05) is 12.2 Å². The third kappa shape index (κ3) is 3.89. The first kappa shape index (κ1) is 20.6. The Balaban J connectivity index is 1.61. The van der Waals surface area contributed by atoms with Crippen LogP contribution in [0.1, 0.15) is 21.5 Å². The summed E-state index contributed by atoms with van der Waals surface area (Å²) in [6, 6.07) is 21.6. The smallest absolute Gasteiger partial charge is 0.261 e. The lowest BCUT2D eigenvalue weighted by molar-refractivity contribution is 0.102. The lowest BCUT2D eigenvalue weighted by atomic mass is 10.1. The van der Waals surface area contributed by atoms with E-state index < -0.39 is 0 Å². The third-order valence-corrected chi connectivity index (χ3v) is 5.66. The minimum atomic E-state index is -0.364. The SMILES string of the molecule is Cc1cccc(NC(=O)c2c(N)n(CCc3ccccc3F)c3nc4ccccc4nc23)c1. The van der Waals surface area contributed by atoms with Crippen LogP contribution in [0.3, 0.4) is 0 Å². The number of nitrogen functional groups attached to an aromatic ring is 1. The van der Waals surface area contributed by atoms with E-state index in [1.807, 2.05) is 55.5 Å². The Kier molecular flexibility index (Phi) is 5.22. The van der Waals surface area contributed by atoms with Crippen LogP contribution in [0, 0.1) is 12.7 Å². The molecule has 5 rings (SSSR count). The highest BCUT2D eigenvalue weighted by Gasteiger charge is 2.24. The quantitative estimate of drug-likeness (QED) is 0.399. The van der Waals surface area contributed by atoms with Crippen molar-refractivity contribution in [2.24, 2.45) is 0 Å². The number of nitrogens with one attached hydrogen (secondary N) is 1. The highest BCUT2D eigenvalue weighted by Crippen LogP contribution is 2.29. The number of para-hydroxylation sites is 2. The Bertz CT molecular complexity index is 1510. The van der Waals surface area contributed by atoms with Gasteiger partial charge in [-0.1, -0.05) is 42.5 Å². The zero-order valence-electron chi connectivity index (χ0n) is 18.0. The molecule has 5 aromatic rings. The number of amides is 1. The topological polar surface area (TPSA) is 85.8 Å². The standard InChI is InChI=1S/C26H22FN5O/c1-16-7-6-9-18(15-16)29-26(33)22-23-25(31-21-12-5-4-11-20(21)30-23)32(24(22)28)14-13-17-8-2-3-10-19(17)27/h2-12,15H,13-14,28H2,1H3,(H,29,33). The lowest BCUT2D eigenvalue weighted by Crippen LogP contribution is -2.15. The minimum Gasteiger partial charge on any atom is -0.384 e. The average Bonchev–Trinajstić information content (AvgIpc) is 3.07. The van der Waals surface area contributed by atoms with Gasteiger partial charge in [0.25, 0.3) is 5.91 Å². The molecule has 6 nitrogen and oxygen atoms in total. The van der Waals surface area contributed by atoms with Crippen LogP contribution < -0.4 is 11.1 Å². The van der Waals surface area contributed by atoms with Crippen LogP contribution in [0.4, 0.5) is 15.9 Å². The molecule has 0 aliphatic heterocycles. The summed E-state index contributed by atoms with van der Waals surface area (Å²) >= 11 is 0. The molecular weight excluding hydrogens is 417 g/mol. The first-order chi connectivity index (χ1) is 16.0. The molecule has 3 N–H and O–H groups in total. The van der Waals surface area contributed by atoms with Gasteiger partial charge in [-0.25, -0.2) is 14.4 Å². The predicted octanol–water partition coefficient (Wildman–Crippen LogP) is 5.11. The number of aryl methyl sites for hydroxylation is 3. The number of anilines is 2. The number of halogens is 1. The molecule has 0 saturated heterocycles. The number of aromatic nitrogens is 3. The minimum absolute atomic E-state index is 0.252. The van der Waals surface area contributed by atoms with Crippen LogP contribution in [-0.2, 0) is 13.0 Å². The van der Waals surface area contributed by atoms with Crippen LogP contribution in [0.5, 0.6) is 0 Å². The van der Waals surface area contributed by atoms with E-state index in [1.165, 1.54) is 6.07 Å². The largest absolute Gasteiger partial charge is 0.384 e. The molecule has 164 valence electrons. The molecule has 0 aliphatic rings. The maximum absolute atomic E-state index is 14.2. The summed E-state index contributed by atoms with van der Waals surface area (Å²) in [5.41, 5.74) is 11.3. The van der Waals surface area contributed by atoms with Crippen LogP contribution in [0.25, 0.3) is 22.2 Å². The molecule has 0 atom stereocenters. The van der Waals surface area contributed by atoms with Gasteiger partial charge in [0.1, 0.15) is 22.7 Å². The second kappa shape index (κ2) is 8.35. The van der Waals surface area contributed by atoms with Gasteiger partial charge >= 0.3 is 0 Å². The Morgan fingerprint density at radius 2 is 1.73 bits per heavy atom. The van der Waals surface area contributed by atoms with E-state index in [2.05, 4.69) is 5.32 Å². The summed E-state index contributed by atoms with van der Waals surface area (Å²) < 4.78 is 15.9. The highest BCUT2D eigenvalue weighted by atomic mass is 19.1. The fraction of sp³-hybridized carbons (Fsp3) is 0.115. The number of nitrogens with two attached hydrogens (primary N) is 1. The number of hydrogen-bond donors (Lipinski definition) is 2. The lowest BCUT2D eigenvalue weighted by Gasteiger charge is -2.09. The fourth-order valence-electron chi connectivity index (χ4n) is 4.02. The molecule has 2 aromatic heterocycles. The zero-order chi connectivity index (χ0) is 22.9. The maximum Gasteiger partial charge on any atom is 0.261 e. The predicted molar refractivity (Wildman–Crippen MR) is 129 cm³/mol. The molecule has 0 fully saturated rings. The summed E-state index contributed by atoms with van der Waals surface area (Å²) in [6.45, 7) is 2.31. The molecule has 0 saturated carbocycles. The molecule has 0 radical (unpaired) electrons. The molecule has 3 aromatic carbocycles. The van der Waals surface area contributed by atoms with E-state index in [0.717, 1.165) is 5.56 Å². The normalized spacial score (nSPS) is 11.2. The molecule has 0 bridgehead atoms. The van der Waals surface area contributed by atoms with E-state index in [0.29, 0.717) is 46.4 Å². The number of hydrogen-bond acceptors (Lipinski definition) is 4. The van der Waals surface area contributed by atoms with Crippen molar-refractivity contribution in [2.75, 3.05) is 11.1 Å². The van der Waals surface area contributed by atoms with Crippen molar-refractivity contribution in [1.29, 1.82) is 0 Å². The van der Waals surface area contributed by atoms with Crippen LogP contribution in [0.2, 0.25) is 0 Å². The summed E-state index contributed by atoms with van der Waals surface area (Å²) in [7, 11) is 0. The molecule has 0 aliphatic carbocycles. The van der Waals surface area contributed by atoms with Gasteiger partial charge in [-0.05, 0) is 54.8 Å². The number of carbonyl (C=O) groups excluding carboxylic acids is 1. The summed E-state index contributed by atoms with van der Waals surface area (Å²) in [5, 5.41) is 2.92. The van der Waals surface area contributed by atoms with E-state index in [-0.39, 0.29) is 23.1 Å². The summed E-state index contributed by atoms with van der Waals surface area (Å²) in [5.74, 6) is -0.388. The van der Waals surface area contributed by atoms with Crippen LogP contribution in [0.15, 0.2) is 72.8 Å². The molecule has 0 spiro atoms. The second-order valence-electron chi connectivity index (χ2n) is 7.96. The van der Waals surface area contributed by atoms with Crippen molar-refractivity contribution >= 4 is 39.6 Å². The second-order valence-corrected chi connectivity index (χ2v) is 7.96. The molecule has 1 amide bonds. The first-order valence-corrected chi connectivity index (χ1v) is 10.7. The van der Waals surface area contributed by atoms with Crippen molar-refractivity contribution in [3.8, 4) is 0 Å². The number of nitrogens with zero attached hydrogens (tertiary/aromatic N) is 3. The van der Waals surface area contributed by atoms with Crippen LogP contribution >= 0.6 is 0 Å². The van der Waals surface area contributed by atoms with Gasteiger partial charge in [0.15, 0.2) is 5.65 Å². The van der Waals surface area contributed by atoms with E-state index in [9.17, 15) is 9.18 Å². The van der Waals surface area contributed by atoms with E-state index in [4.69, 9.17) is 15.7 Å². The van der Waals surface area contributed by atoms with Gasteiger partial charge in [-0.3, -0.25) is 4.79 Å². The van der Waals surface area contributed by atoms with Gasteiger partial charge in [-0.2, -0.15) is 0 Å². The third-order valence-electron chi connectivity index (χ3n) is 5.66. The molecule has 0 unspecified atom stereocenters. The first-order valence-electron chi connectivity index (χ1n) is 10.7. The monoisotopic (exact) mass is 439 g/mol. The Labute approximate surface area is 189 Å². The fourth-order valence-corrected chi connectivity index (χ4v) is 4.02. The maximum atomic E-state index is 14.2. The highest BCUT2D eigenvalue weighted by molar-refractivity contribution is 6.16. The summed E-state index contributed by atoms with van der Waals surface area (Å²) in [6.07, 6.45) is 0.397. The van der Waals surface area contributed by atoms with Crippen molar-refractivity contribution in [3.63, 3.8) is 0 Å². The van der Waals surface area contributed by atoms with Crippen molar-refractivity contribution in [1.82, 2.24) is 14.5 Å². The molecule has 2 heterocycles. The van der Waals surface area contributed by atoms with Gasteiger partial charge in [-0.15, -0.1) is 0 Å². The van der Waals surface area contributed by atoms with E-state index in [1.54, 1.807) is 22.8 Å². The molecular formula is C26H22FN5O. The number of rotatable bonds is 5. The molecule has 33 heavy (non-hydrogen) atoms. The zero-order valence-corrected chi connectivity index (χ0v) is 18.0.